The number of nitrogens with one attached hydrogen (secondary N) is 1. The van der Waals surface area contributed by atoms with Crippen LogP contribution in [0.15, 0.2) is 46.9 Å². The second kappa shape index (κ2) is 6.95. The van der Waals surface area contributed by atoms with E-state index in [1.807, 2.05) is 6.92 Å². The van der Waals surface area contributed by atoms with E-state index in [1.54, 1.807) is 24.3 Å². The van der Waals surface area contributed by atoms with Crippen molar-refractivity contribution in [1.29, 1.82) is 0 Å². The summed E-state index contributed by atoms with van der Waals surface area (Å²) in [6.07, 6.45) is 0.774. The lowest BCUT2D eigenvalue weighted by molar-refractivity contribution is 0.524. The van der Waals surface area contributed by atoms with Gasteiger partial charge in [0.2, 0.25) is 0 Å². The molecule has 1 N–H and O–H groups in total. The van der Waals surface area contributed by atoms with E-state index >= 15 is 0 Å². The molecular formula is C16H16BrF2N. The molecule has 0 aliphatic heterocycles. The van der Waals surface area contributed by atoms with E-state index in [9.17, 15) is 8.78 Å². The third kappa shape index (κ3) is 4.39. The van der Waals surface area contributed by atoms with Crippen molar-refractivity contribution in [1.82, 2.24) is 5.32 Å². The van der Waals surface area contributed by atoms with Gasteiger partial charge in [0.1, 0.15) is 11.6 Å². The lowest BCUT2D eigenvalue weighted by atomic mass is 10.1. The molecule has 2 rings (SSSR count). The first-order chi connectivity index (χ1) is 9.54. The summed E-state index contributed by atoms with van der Waals surface area (Å²) in [5.41, 5.74) is 1.69. The summed E-state index contributed by atoms with van der Waals surface area (Å²) in [4.78, 5) is 0. The molecule has 2 aromatic rings. The zero-order valence-electron chi connectivity index (χ0n) is 11.2. The molecule has 0 fully saturated rings. The Morgan fingerprint density at radius 1 is 1.10 bits per heavy atom. The molecule has 0 aliphatic rings. The van der Waals surface area contributed by atoms with Crippen LogP contribution in [0.1, 0.15) is 18.1 Å². The van der Waals surface area contributed by atoms with Crippen LogP contribution in [0.25, 0.3) is 0 Å². The predicted octanol–water partition coefficient (Wildman–Crippen LogP) is 4.45. The zero-order chi connectivity index (χ0) is 14.5. The Balaban J connectivity index is 1.90. The maximum Gasteiger partial charge on any atom is 0.127 e. The van der Waals surface area contributed by atoms with E-state index in [-0.39, 0.29) is 17.7 Å². The van der Waals surface area contributed by atoms with Gasteiger partial charge in [-0.15, -0.1) is 0 Å². The van der Waals surface area contributed by atoms with Crippen molar-refractivity contribution in [2.24, 2.45) is 0 Å². The summed E-state index contributed by atoms with van der Waals surface area (Å²) in [7, 11) is 0. The van der Waals surface area contributed by atoms with Gasteiger partial charge in [-0.1, -0.05) is 28.1 Å². The quantitative estimate of drug-likeness (QED) is 0.848. The van der Waals surface area contributed by atoms with Crippen molar-refractivity contribution < 1.29 is 8.78 Å². The van der Waals surface area contributed by atoms with Crippen LogP contribution < -0.4 is 5.32 Å². The van der Waals surface area contributed by atoms with E-state index in [0.29, 0.717) is 12.1 Å². The molecule has 1 unspecified atom stereocenters. The van der Waals surface area contributed by atoms with Crippen molar-refractivity contribution in [2.75, 3.05) is 0 Å². The van der Waals surface area contributed by atoms with Gasteiger partial charge < -0.3 is 5.32 Å². The normalized spacial score (nSPS) is 12.4. The van der Waals surface area contributed by atoms with Gasteiger partial charge >= 0.3 is 0 Å². The van der Waals surface area contributed by atoms with Gasteiger partial charge in [0.15, 0.2) is 0 Å². The monoisotopic (exact) mass is 339 g/mol. The highest BCUT2D eigenvalue weighted by Gasteiger charge is 2.07. The number of rotatable bonds is 5. The number of benzene rings is 2. The fourth-order valence-electron chi connectivity index (χ4n) is 2.01. The second-order valence-corrected chi connectivity index (χ2v) is 5.76. The van der Waals surface area contributed by atoms with Gasteiger partial charge in [0.05, 0.1) is 0 Å². The minimum atomic E-state index is -0.231. The second-order valence-electron chi connectivity index (χ2n) is 4.85. The molecule has 1 nitrogen and oxygen atoms in total. The average Bonchev–Trinajstić information content (AvgIpc) is 2.42. The Morgan fingerprint density at radius 3 is 2.50 bits per heavy atom. The largest absolute Gasteiger partial charge is 0.310 e. The van der Waals surface area contributed by atoms with Gasteiger partial charge in [0.25, 0.3) is 0 Å². The summed E-state index contributed by atoms with van der Waals surface area (Å²) >= 11 is 3.33. The number of hydrogen-bond acceptors (Lipinski definition) is 1. The molecule has 20 heavy (non-hydrogen) atoms. The molecule has 106 valence electrons. The molecule has 0 aliphatic carbocycles. The van der Waals surface area contributed by atoms with E-state index in [1.165, 1.54) is 18.2 Å². The van der Waals surface area contributed by atoms with Gasteiger partial charge in [-0.3, -0.25) is 0 Å². The first-order valence-corrected chi connectivity index (χ1v) is 7.25. The van der Waals surface area contributed by atoms with Crippen LogP contribution in [0.2, 0.25) is 0 Å². The van der Waals surface area contributed by atoms with Crippen LogP contribution >= 0.6 is 15.9 Å². The molecular weight excluding hydrogens is 324 g/mol. The number of halogens is 3. The summed E-state index contributed by atoms with van der Waals surface area (Å²) < 4.78 is 27.3. The molecule has 0 saturated heterocycles. The van der Waals surface area contributed by atoms with Crippen molar-refractivity contribution >= 4 is 15.9 Å². The molecule has 0 aromatic heterocycles. The van der Waals surface area contributed by atoms with Crippen LogP contribution in [0.4, 0.5) is 8.78 Å². The molecule has 1 atom stereocenters. The van der Waals surface area contributed by atoms with Gasteiger partial charge in [-0.25, -0.2) is 8.78 Å². The molecule has 0 heterocycles. The summed E-state index contributed by atoms with van der Waals surface area (Å²) in [5.74, 6) is -0.444. The van der Waals surface area contributed by atoms with Crippen LogP contribution in [-0.4, -0.2) is 6.04 Å². The third-order valence-corrected chi connectivity index (χ3v) is 3.60. The standard InChI is InChI=1S/C16H16BrF2N/c1-11(8-12-2-5-15(18)6-3-12)20-10-13-9-14(17)4-7-16(13)19/h2-7,9,11,20H,8,10H2,1H3. The van der Waals surface area contributed by atoms with E-state index in [2.05, 4.69) is 21.2 Å². The van der Waals surface area contributed by atoms with Crippen LogP contribution in [0.5, 0.6) is 0 Å². The van der Waals surface area contributed by atoms with E-state index in [4.69, 9.17) is 0 Å². The minimum Gasteiger partial charge on any atom is -0.310 e. The Morgan fingerprint density at radius 2 is 1.80 bits per heavy atom. The van der Waals surface area contributed by atoms with Gasteiger partial charge in [0, 0.05) is 22.6 Å². The predicted molar refractivity (Wildman–Crippen MR) is 80.5 cm³/mol. The molecule has 0 amide bonds. The Labute approximate surface area is 126 Å². The summed E-state index contributed by atoms with van der Waals surface area (Å²) in [6, 6.07) is 11.5. The van der Waals surface area contributed by atoms with Crippen LogP contribution in [-0.2, 0) is 13.0 Å². The maximum atomic E-state index is 13.6. The molecule has 0 saturated carbocycles. The molecule has 2 aromatic carbocycles. The van der Waals surface area contributed by atoms with E-state index < -0.39 is 0 Å². The highest BCUT2D eigenvalue weighted by Crippen LogP contribution is 2.15. The smallest absolute Gasteiger partial charge is 0.127 e. The fraction of sp³-hybridized carbons (Fsp3) is 0.250. The lowest BCUT2D eigenvalue weighted by Crippen LogP contribution is -2.27. The first-order valence-electron chi connectivity index (χ1n) is 6.46. The van der Waals surface area contributed by atoms with Crippen molar-refractivity contribution in [3.8, 4) is 0 Å². The highest BCUT2D eigenvalue weighted by atomic mass is 79.9. The zero-order valence-corrected chi connectivity index (χ0v) is 12.8. The van der Waals surface area contributed by atoms with E-state index in [0.717, 1.165) is 16.5 Å². The van der Waals surface area contributed by atoms with Gasteiger partial charge in [-0.2, -0.15) is 0 Å². The average molecular weight is 340 g/mol. The number of hydrogen-bond donors (Lipinski definition) is 1. The van der Waals surface area contributed by atoms with Crippen molar-refractivity contribution in [3.63, 3.8) is 0 Å². The maximum absolute atomic E-state index is 13.6. The Hall–Kier alpha value is -1.26. The highest BCUT2D eigenvalue weighted by molar-refractivity contribution is 9.10. The molecule has 0 spiro atoms. The first kappa shape index (κ1) is 15.1. The topological polar surface area (TPSA) is 12.0 Å². The Bertz CT molecular complexity index is 569. The van der Waals surface area contributed by atoms with Crippen molar-refractivity contribution in [3.05, 3.63) is 69.7 Å². The molecule has 0 bridgehead atoms. The van der Waals surface area contributed by atoms with Crippen molar-refractivity contribution in [2.45, 2.75) is 25.9 Å². The lowest BCUT2D eigenvalue weighted by Gasteiger charge is -2.14. The summed E-state index contributed by atoms with van der Waals surface area (Å²) in [5, 5.41) is 3.28. The third-order valence-electron chi connectivity index (χ3n) is 3.10. The summed E-state index contributed by atoms with van der Waals surface area (Å²) in [6.45, 7) is 2.49. The molecule has 0 radical (unpaired) electrons. The molecule has 4 heteroatoms. The fourth-order valence-corrected chi connectivity index (χ4v) is 2.42. The minimum absolute atomic E-state index is 0.179. The van der Waals surface area contributed by atoms with Crippen LogP contribution in [0.3, 0.4) is 0 Å². The SMILES string of the molecule is CC(Cc1ccc(F)cc1)NCc1cc(Br)ccc1F. The Kier molecular flexibility index (Phi) is 5.26. The van der Waals surface area contributed by atoms with Gasteiger partial charge in [-0.05, 0) is 49.2 Å². The van der Waals surface area contributed by atoms with Crippen LogP contribution in [0, 0.1) is 11.6 Å².